The second kappa shape index (κ2) is 7.10. The van der Waals surface area contributed by atoms with E-state index < -0.39 is 6.04 Å². The third-order valence-corrected chi connectivity index (χ3v) is 4.36. The number of hydrogen-bond donors (Lipinski definition) is 1. The zero-order valence-electron chi connectivity index (χ0n) is 14.3. The molecule has 0 saturated heterocycles. The van der Waals surface area contributed by atoms with Crippen molar-refractivity contribution in [3.63, 3.8) is 0 Å². The Kier molecular flexibility index (Phi) is 4.89. The van der Waals surface area contributed by atoms with Crippen LogP contribution in [0.5, 0.6) is 0 Å². The van der Waals surface area contributed by atoms with E-state index >= 15 is 0 Å². The summed E-state index contributed by atoms with van der Waals surface area (Å²) in [4.78, 5) is 12.4. The van der Waals surface area contributed by atoms with Crippen LogP contribution in [-0.2, 0) is 17.9 Å². The fraction of sp³-hybridized carbons (Fsp3) is 0.375. The zero-order chi connectivity index (χ0) is 18.0. The van der Waals surface area contributed by atoms with Crippen LogP contribution in [0.1, 0.15) is 31.1 Å². The maximum absolute atomic E-state index is 12.4. The molecule has 0 aromatic carbocycles. The van der Waals surface area contributed by atoms with Crippen LogP contribution in [0.15, 0.2) is 31.0 Å². The molecule has 25 heavy (non-hydrogen) atoms. The molecular formula is C16H20ClN7O. The third-order valence-electron chi connectivity index (χ3n) is 3.99. The molecule has 3 aromatic rings. The van der Waals surface area contributed by atoms with E-state index in [9.17, 15) is 4.79 Å². The number of aromatic nitrogens is 6. The Labute approximate surface area is 150 Å². The number of rotatable bonds is 6. The van der Waals surface area contributed by atoms with Crippen molar-refractivity contribution >= 4 is 23.2 Å². The van der Waals surface area contributed by atoms with Gasteiger partial charge in [-0.3, -0.25) is 18.8 Å². The minimum Gasteiger partial charge on any atom is -0.322 e. The molecule has 132 valence electrons. The molecule has 0 spiro atoms. The van der Waals surface area contributed by atoms with Crippen LogP contribution in [0.4, 0.5) is 5.69 Å². The molecule has 1 atom stereocenters. The van der Waals surface area contributed by atoms with Crippen molar-refractivity contribution in [1.29, 1.82) is 0 Å². The van der Waals surface area contributed by atoms with E-state index in [2.05, 4.69) is 20.6 Å². The molecule has 3 aromatic heterocycles. The Morgan fingerprint density at radius 3 is 2.60 bits per heavy atom. The van der Waals surface area contributed by atoms with E-state index in [1.807, 2.05) is 30.9 Å². The van der Waals surface area contributed by atoms with Gasteiger partial charge in [-0.1, -0.05) is 11.6 Å². The molecule has 1 unspecified atom stereocenters. The van der Waals surface area contributed by atoms with Crippen molar-refractivity contribution in [3.05, 3.63) is 47.3 Å². The highest BCUT2D eigenvalue weighted by Crippen LogP contribution is 2.19. The molecule has 0 bridgehead atoms. The van der Waals surface area contributed by atoms with Crippen molar-refractivity contribution in [2.24, 2.45) is 0 Å². The highest BCUT2D eigenvalue weighted by atomic mass is 35.5. The largest absolute Gasteiger partial charge is 0.322 e. The van der Waals surface area contributed by atoms with Crippen LogP contribution in [0.2, 0.25) is 5.02 Å². The molecule has 0 aliphatic carbocycles. The van der Waals surface area contributed by atoms with Gasteiger partial charge in [0, 0.05) is 24.5 Å². The lowest BCUT2D eigenvalue weighted by molar-refractivity contribution is -0.119. The van der Waals surface area contributed by atoms with Crippen LogP contribution in [0.3, 0.4) is 0 Å². The standard InChI is InChI=1S/C16H20ClN7O/c1-4-22-8-13(5-18-22)9-23-10-14(6-19-23)21-16(25)12(3)24-11(2)15(17)7-20-24/h5-8,10,12H,4,9H2,1-3H3,(H,21,25). The lowest BCUT2D eigenvalue weighted by Gasteiger charge is -2.13. The highest BCUT2D eigenvalue weighted by molar-refractivity contribution is 6.31. The van der Waals surface area contributed by atoms with Gasteiger partial charge < -0.3 is 5.32 Å². The average Bonchev–Trinajstić information content (AvgIpc) is 3.30. The monoisotopic (exact) mass is 361 g/mol. The van der Waals surface area contributed by atoms with Crippen molar-refractivity contribution in [2.75, 3.05) is 5.32 Å². The summed E-state index contributed by atoms with van der Waals surface area (Å²) in [6.07, 6.45) is 8.74. The van der Waals surface area contributed by atoms with Gasteiger partial charge in [0.25, 0.3) is 0 Å². The molecule has 0 saturated carbocycles. The second-order valence-corrected chi connectivity index (χ2v) is 6.23. The lowest BCUT2D eigenvalue weighted by Crippen LogP contribution is -2.25. The van der Waals surface area contributed by atoms with Gasteiger partial charge in [0.05, 0.1) is 41.5 Å². The summed E-state index contributed by atoms with van der Waals surface area (Å²) in [5.74, 6) is -0.179. The van der Waals surface area contributed by atoms with E-state index in [1.54, 1.807) is 28.7 Å². The Morgan fingerprint density at radius 2 is 1.96 bits per heavy atom. The number of hydrogen-bond acceptors (Lipinski definition) is 4. The van der Waals surface area contributed by atoms with Gasteiger partial charge in [0.1, 0.15) is 6.04 Å². The Morgan fingerprint density at radius 1 is 1.20 bits per heavy atom. The Hall–Kier alpha value is -2.61. The molecule has 0 radical (unpaired) electrons. The number of amides is 1. The van der Waals surface area contributed by atoms with Crippen molar-refractivity contribution < 1.29 is 4.79 Å². The SMILES string of the molecule is CCn1cc(Cn2cc(NC(=O)C(C)n3ncc(Cl)c3C)cn2)cn1. The van der Waals surface area contributed by atoms with Gasteiger partial charge in [0.15, 0.2) is 0 Å². The number of nitrogens with zero attached hydrogens (tertiary/aromatic N) is 6. The molecule has 3 rings (SSSR count). The molecule has 0 fully saturated rings. The van der Waals surface area contributed by atoms with Crippen LogP contribution < -0.4 is 5.32 Å². The summed E-state index contributed by atoms with van der Waals surface area (Å²) in [6.45, 7) is 7.06. The number of anilines is 1. The molecular weight excluding hydrogens is 342 g/mol. The van der Waals surface area contributed by atoms with Crippen LogP contribution in [0, 0.1) is 6.92 Å². The number of carbonyl (C=O) groups is 1. The smallest absolute Gasteiger partial charge is 0.249 e. The number of nitrogens with one attached hydrogen (secondary N) is 1. The van der Waals surface area contributed by atoms with Crippen molar-refractivity contribution in [3.8, 4) is 0 Å². The van der Waals surface area contributed by atoms with Crippen molar-refractivity contribution in [1.82, 2.24) is 29.3 Å². The molecule has 0 aliphatic rings. The van der Waals surface area contributed by atoms with Gasteiger partial charge in [-0.05, 0) is 20.8 Å². The van der Waals surface area contributed by atoms with E-state index in [0.29, 0.717) is 17.3 Å². The third kappa shape index (κ3) is 3.74. The molecule has 3 heterocycles. The Balaban J connectivity index is 1.64. The molecule has 9 heteroatoms. The summed E-state index contributed by atoms with van der Waals surface area (Å²) in [5, 5.41) is 16.1. The van der Waals surface area contributed by atoms with Gasteiger partial charge in [-0.2, -0.15) is 15.3 Å². The maximum Gasteiger partial charge on any atom is 0.249 e. The first kappa shape index (κ1) is 17.2. The summed E-state index contributed by atoms with van der Waals surface area (Å²) < 4.78 is 5.22. The van der Waals surface area contributed by atoms with E-state index in [1.165, 1.54) is 6.20 Å². The normalized spacial score (nSPS) is 12.3. The van der Waals surface area contributed by atoms with Gasteiger partial charge in [-0.15, -0.1) is 0 Å². The van der Waals surface area contributed by atoms with E-state index in [0.717, 1.165) is 17.8 Å². The van der Waals surface area contributed by atoms with Gasteiger partial charge in [0.2, 0.25) is 5.91 Å². The first-order valence-corrected chi connectivity index (χ1v) is 8.40. The second-order valence-electron chi connectivity index (χ2n) is 5.82. The van der Waals surface area contributed by atoms with Gasteiger partial charge >= 0.3 is 0 Å². The minimum absolute atomic E-state index is 0.179. The first-order valence-electron chi connectivity index (χ1n) is 8.02. The minimum atomic E-state index is -0.473. The molecule has 8 nitrogen and oxygen atoms in total. The maximum atomic E-state index is 12.4. The average molecular weight is 362 g/mol. The first-order chi connectivity index (χ1) is 12.0. The Bertz CT molecular complexity index is 879. The lowest BCUT2D eigenvalue weighted by atomic mass is 10.3. The summed E-state index contributed by atoms with van der Waals surface area (Å²) in [6, 6.07) is -0.473. The topological polar surface area (TPSA) is 82.6 Å². The molecule has 0 aliphatic heterocycles. The number of halogens is 1. The summed E-state index contributed by atoms with van der Waals surface area (Å²) >= 11 is 6.00. The fourth-order valence-corrected chi connectivity index (χ4v) is 2.64. The zero-order valence-corrected chi connectivity index (χ0v) is 15.1. The van der Waals surface area contributed by atoms with E-state index in [-0.39, 0.29) is 5.91 Å². The van der Waals surface area contributed by atoms with Crippen molar-refractivity contribution in [2.45, 2.75) is 39.9 Å². The number of carbonyl (C=O) groups excluding carboxylic acids is 1. The van der Waals surface area contributed by atoms with Crippen LogP contribution in [-0.4, -0.2) is 35.2 Å². The quantitative estimate of drug-likeness (QED) is 0.731. The number of aryl methyl sites for hydroxylation is 1. The van der Waals surface area contributed by atoms with Crippen LogP contribution in [0.25, 0.3) is 0 Å². The summed E-state index contributed by atoms with van der Waals surface area (Å²) in [5.41, 5.74) is 2.45. The van der Waals surface area contributed by atoms with Crippen LogP contribution >= 0.6 is 11.6 Å². The highest BCUT2D eigenvalue weighted by Gasteiger charge is 2.19. The fourth-order valence-electron chi connectivity index (χ4n) is 2.51. The summed E-state index contributed by atoms with van der Waals surface area (Å²) in [7, 11) is 0. The molecule has 1 N–H and O–H groups in total. The predicted octanol–water partition coefficient (Wildman–Crippen LogP) is 2.51. The predicted molar refractivity (Wildman–Crippen MR) is 94.5 cm³/mol. The van der Waals surface area contributed by atoms with E-state index in [4.69, 9.17) is 11.6 Å². The van der Waals surface area contributed by atoms with Gasteiger partial charge in [-0.25, -0.2) is 0 Å². The molecule has 1 amide bonds.